The standard InChI is InChI=1S/C25H20O4/c26-15-21-20(25(27)28)14-19-12-7-13-22(29-16-17-8-3-1-4-9-17)24(19)23(21)18-10-5-2-6-11-18/h1-14,26H,15-16H2,(H,27,28). The largest absolute Gasteiger partial charge is 0.488 e. The molecule has 0 aromatic heterocycles. The molecule has 144 valence electrons. The average Bonchev–Trinajstić information content (AvgIpc) is 2.77. The van der Waals surface area contributed by atoms with Crippen LogP contribution in [0, 0.1) is 0 Å². The first-order chi connectivity index (χ1) is 14.2. The summed E-state index contributed by atoms with van der Waals surface area (Å²) in [6.07, 6.45) is 0. The normalized spacial score (nSPS) is 10.8. The first-order valence-corrected chi connectivity index (χ1v) is 9.34. The summed E-state index contributed by atoms with van der Waals surface area (Å²) in [4.78, 5) is 11.9. The number of hydrogen-bond donors (Lipinski definition) is 2. The molecule has 0 atom stereocenters. The number of hydrogen-bond acceptors (Lipinski definition) is 3. The van der Waals surface area contributed by atoms with E-state index in [0.717, 1.165) is 21.9 Å². The molecule has 4 heteroatoms. The highest BCUT2D eigenvalue weighted by molar-refractivity contribution is 6.07. The fourth-order valence-corrected chi connectivity index (χ4v) is 3.60. The molecule has 0 amide bonds. The minimum Gasteiger partial charge on any atom is -0.488 e. The lowest BCUT2D eigenvalue weighted by atomic mass is 9.89. The maximum atomic E-state index is 11.9. The number of benzene rings is 4. The van der Waals surface area contributed by atoms with Crippen molar-refractivity contribution in [3.8, 4) is 16.9 Å². The summed E-state index contributed by atoms with van der Waals surface area (Å²) in [5, 5.41) is 21.3. The van der Waals surface area contributed by atoms with E-state index in [0.29, 0.717) is 23.5 Å². The Labute approximate surface area is 168 Å². The van der Waals surface area contributed by atoms with Gasteiger partial charge >= 0.3 is 5.97 Å². The van der Waals surface area contributed by atoms with Gasteiger partial charge in [-0.3, -0.25) is 0 Å². The minimum atomic E-state index is -1.07. The van der Waals surface area contributed by atoms with Gasteiger partial charge in [-0.2, -0.15) is 0 Å². The van der Waals surface area contributed by atoms with E-state index in [1.165, 1.54) is 0 Å². The van der Waals surface area contributed by atoms with Gasteiger partial charge in [0.05, 0.1) is 12.2 Å². The van der Waals surface area contributed by atoms with Crippen molar-refractivity contribution in [3.63, 3.8) is 0 Å². The van der Waals surface area contributed by atoms with E-state index in [4.69, 9.17) is 4.74 Å². The number of carboxylic acid groups (broad SMARTS) is 1. The molecule has 0 spiro atoms. The zero-order valence-corrected chi connectivity index (χ0v) is 15.7. The molecule has 0 aliphatic heterocycles. The summed E-state index contributed by atoms with van der Waals surface area (Å²) in [6, 6.07) is 26.6. The lowest BCUT2D eigenvalue weighted by Gasteiger charge is -2.18. The molecule has 0 saturated carbocycles. The van der Waals surface area contributed by atoms with Crippen LogP contribution in [0.4, 0.5) is 0 Å². The van der Waals surface area contributed by atoms with E-state index in [1.807, 2.05) is 78.9 Å². The van der Waals surface area contributed by atoms with Crippen LogP contribution in [-0.4, -0.2) is 16.2 Å². The van der Waals surface area contributed by atoms with E-state index < -0.39 is 5.97 Å². The average molecular weight is 384 g/mol. The number of carbonyl (C=O) groups is 1. The second kappa shape index (κ2) is 8.17. The second-order valence-electron chi connectivity index (χ2n) is 6.74. The maximum Gasteiger partial charge on any atom is 0.336 e. The Hall–Kier alpha value is -3.63. The van der Waals surface area contributed by atoms with Gasteiger partial charge in [0, 0.05) is 10.9 Å². The summed E-state index contributed by atoms with van der Waals surface area (Å²) < 4.78 is 6.14. The predicted molar refractivity (Wildman–Crippen MR) is 113 cm³/mol. The van der Waals surface area contributed by atoms with Crippen molar-refractivity contribution in [3.05, 3.63) is 102 Å². The fraction of sp³-hybridized carbons (Fsp3) is 0.0800. The van der Waals surface area contributed by atoms with Crippen molar-refractivity contribution in [1.29, 1.82) is 0 Å². The first-order valence-electron chi connectivity index (χ1n) is 9.34. The van der Waals surface area contributed by atoms with Gasteiger partial charge in [0.25, 0.3) is 0 Å². The number of aliphatic hydroxyl groups excluding tert-OH is 1. The number of aliphatic hydroxyl groups is 1. The van der Waals surface area contributed by atoms with Crippen LogP contribution in [0.15, 0.2) is 84.9 Å². The second-order valence-corrected chi connectivity index (χ2v) is 6.74. The quantitative estimate of drug-likeness (QED) is 0.475. The SMILES string of the molecule is O=C(O)c1cc2cccc(OCc3ccccc3)c2c(-c2ccccc2)c1CO. The van der Waals surface area contributed by atoms with Crippen LogP contribution in [0.5, 0.6) is 5.75 Å². The molecule has 4 aromatic carbocycles. The Bertz CT molecular complexity index is 1150. The predicted octanol–water partition coefficient (Wildman–Crippen LogP) is 5.28. The summed E-state index contributed by atoms with van der Waals surface area (Å²) in [5.41, 5.74) is 3.04. The van der Waals surface area contributed by atoms with Crippen molar-refractivity contribution in [2.24, 2.45) is 0 Å². The van der Waals surface area contributed by atoms with Crippen molar-refractivity contribution >= 4 is 16.7 Å². The third kappa shape index (κ3) is 3.71. The maximum absolute atomic E-state index is 11.9. The number of fused-ring (bicyclic) bond motifs is 1. The van der Waals surface area contributed by atoms with E-state index >= 15 is 0 Å². The number of aromatic carboxylic acids is 1. The molecule has 0 fully saturated rings. The molecule has 0 aliphatic rings. The topological polar surface area (TPSA) is 66.8 Å². The van der Waals surface area contributed by atoms with Gasteiger partial charge in [0.15, 0.2) is 0 Å². The number of ether oxygens (including phenoxy) is 1. The Kier molecular flexibility index (Phi) is 5.27. The van der Waals surface area contributed by atoms with Crippen molar-refractivity contribution in [2.45, 2.75) is 13.2 Å². The summed E-state index contributed by atoms with van der Waals surface area (Å²) in [6.45, 7) is 0.0120. The Morgan fingerprint density at radius 3 is 2.21 bits per heavy atom. The third-order valence-corrected chi connectivity index (χ3v) is 4.92. The smallest absolute Gasteiger partial charge is 0.336 e. The van der Waals surface area contributed by atoms with Crippen LogP contribution in [0.1, 0.15) is 21.5 Å². The zero-order valence-electron chi connectivity index (χ0n) is 15.7. The van der Waals surface area contributed by atoms with Crippen molar-refractivity contribution in [2.75, 3.05) is 0 Å². The molecule has 4 aromatic rings. The molecule has 0 saturated heterocycles. The Morgan fingerprint density at radius 1 is 0.862 bits per heavy atom. The van der Waals surface area contributed by atoms with Crippen LogP contribution in [0.3, 0.4) is 0 Å². The van der Waals surface area contributed by atoms with Gasteiger partial charge in [-0.25, -0.2) is 4.79 Å². The van der Waals surface area contributed by atoms with E-state index in [-0.39, 0.29) is 12.2 Å². The van der Waals surface area contributed by atoms with Gasteiger partial charge in [-0.15, -0.1) is 0 Å². The zero-order chi connectivity index (χ0) is 20.2. The van der Waals surface area contributed by atoms with E-state index in [1.54, 1.807) is 6.07 Å². The molecule has 4 rings (SSSR count). The van der Waals surface area contributed by atoms with Crippen LogP contribution < -0.4 is 4.74 Å². The van der Waals surface area contributed by atoms with Crippen LogP contribution >= 0.6 is 0 Å². The number of rotatable bonds is 6. The Morgan fingerprint density at radius 2 is 1.55 bits per heavy atom. The molecule has 0 bridgehead atoms. The lowest BCUT2D eigenvalue weighted by molar-refractivity contribution is 0.0693. The molecule has 0 heterocycles. The highest BCUT2D eigenvalue weighted by atomic mass is 16.5. The highest BCUT2D eigenvalue weighted by Gasteiger charge is 2.21. The summed E-state index contributed by atoms with van der Waals surface area (Å²) in [7, 11) is 0. The molecule has 2 N–H and O–H groups in total. The molecular weight excluding hydrogens is 364 g/mol. The van der Waals surface area contributed by atoms with Gasteiger partial charge in [0.1, 0.15) is 12.4 Å². The molecule has 4 nitrogen and oxygen atoms in total. The molecule has 0 unspecified atom stereocenters. The summed E-state index contributed by atoms with van der Waals surface area (Å²) in [5.74, 6) is -0.416. The van der Waals surface area contributed by atoms with Gasteiger partial charge < -0.3 is 14.9 Å². The molecule has 0 aliphatic carbocycles. The highest BCUT2D eigenvalue weighted by Crippen LogP contribution is 2.40. The lowest BCUT2D eigenvalue weighted by Crippen LogP contribution is -2.06. The van der Waals surface area contributed by atoms with Crippen LogP contribution in [0.2, 0.25) is 0 Å². The summed E-state index contributed by atoms with van der Waals surface area (Å²) >= 11 is 0. The first kappa shape index (κ1) is 18.7. The van der Waals surface area contributed by atoms with Gasteiger partial charge in [-0.1, -0.05) is 72.8 Å². The van der Waals surface area contributed by atoms with Crippen molar-refractivity contribution < 1.29 is 19.7 Å². The van der Waals surface area contributed by atoms with Crippen LogP contribution in [0.25, 0.3) is 21.9 Å². The number of carboxylic acids is 1. The van der Waals surface area contributed by atoms with Crippen LogP contribution in [-0.2, 0) is 13.2 Å². The Balaban J connectivity index is 1.95. The van der Waals surface area contributed by atoms with Gasteiger partial charge in [0.2, 0.25) is 0 Å². The van der Waals surface area contributed by atoms with E-state index in [9.17, 15) is 15.0 Å². The fourth-order valence-electron chi connectivity index (χ4n) is 3.60. The molecule has 0 radical (unpaired) electrons. The molecule has 29 heavy (non-hydrogen) atoms. The van der Waals surface area contributed by atoms with Crippen molar-refractivity contribution in [1.82, 2.24) is 0 Å². The van der Waals surface area contributed by atoms with Gasteiger partial charge in [-0.05, 0) is 34.2 Å². The van der Waals surface area contributed by atoms with E-state index in [2.05, 4.69) is 0 Å². The monoisotopic (exact) mass is 384 g/mol. The minimum absolute atomic E-state index is 0.0964. The third-order valence-electron chi connectivity index (χ3n) is 4.92. The molecular formula is C25H20O4.